The number of nitrogens with zero attached hydrogens (tertiary/aromatic N) is 2. The quantitative estimate of drug-likeness (QED) is 0.348. The molecule has 3 rings (SSSR count). The number of benzene rings is 2. The summed E-state index contributed by atoms with van der Waals surface area (Å²) in [5.74, 6) is -0.947. The van der Waals surface area contributed by atoms with Crippen molar-refractivity contribution in [2.45, 2.75) is 23.8 Å². The van der Waals surface area contributed by atoms with Crippen LogP contribution in [0.25, 0.3) is 0 Å². The fourth-order valence-corrected chi connectivity index (χ4v) is 5.30. The molecule has 1 amide bonds. The molecule has 15 heteroatoms. The van der Waals surface area contributed by atoms with E-state index in [1.807, 2.05) is 0 Å². The average molecular weight is 586 g/mol. The van der Waals surface area contributed by atoms with Crippen LogP contribution in [0.2, 0.25) is 10.0 Å². The lowest BCUT2D eigenvalue weighted by molar-refractivity contribution is -0.138. The second-order valence-corrected chi connectivity index (χ2v) is 10.1. The van der Waals surface area contributed by atoms with Crippen molar-refractivity contribution in [3.8, 4) is 0 Å². The van der Waals surface area contributed by atoms with Crippen molar-refractivity contribution in [2.24, 2.45) is 0 Å². The Labute approximate surface area is 216 Å². The topological polar surface area (TPSA) is 79.4 Å². The molecule has 0 unspecified atom stereocenters. The summed E-state index contributed by atoms with van der Waals surface area (Å²) in [5.41, 5.74) is -2.68. The van der Waals surface area contributed by atoms with Crippen LogP contribution in [0.4, 0.5) is 32.0 Å². The van der Waals surface area contributed by atoms with Gasteiger partial charge in [-0.25, -0.2) is 8.42 Å². The number of sulfonamides is 1. The molecule has 0 bridgehead atoms. The summed E-state index contributed by atoms with van der Waals surface area (Å²) in [4.78, 5) is 15.6. The smallest absolute Gasteiger partial charge is 0.350 e. The van der Waals surface area contributed by atoms with E-state index >= 15 is 0 Å². The molecule has 1 N–H and O–H groups in total. The van der Waals surface area contributed by atoms with Gasteiger partial charge < -0.3 is 5.32 Å². The molecule has 0 radical (unpaired) electrons. The lowest BCUT2D eigenvalue weighted by Crippen LogP contribution is -2.41. The molecular weight excluding hydrogens is 571 g/mol. The van der Waals surface area contributed by atoms with E-state index in [-0.39, 0.29) is 10.8 Å². The van der Waals surface area contributed by atoms with Gasteiger partial charge in [0, 0.05) is 18.9 Å². The number of nitrogens with one attached hydrogen (secondary N) is 1. The highest BCUT2D eigenvalue weighted by atomic mass is 35.5. The zero-order valence-electron chi connectivity index (χ0n) is 18.2. The van der Waals surface area contributed by atoms with Crippen LogP contribution in [-0.2, 0) is 33.7 Å². The van der Waals surface area contributed by atoms with Crippen LogP contribution < -0.4 is 9.62 Å². The number of carbonyl (C=O) groups excluding carboxylic acids is 1. The molecule has 0 aliphatic rings. The first-order valence-electron chi connectivity index (χ1n) is 10.0. The SMILES string of the molecule is O=C(CN(c1cc(C(F)(F)F)ccc1Cl)S(=O)(=O)c1ccc(C(F)(F)F)cc1Cl)NCc1ccncc1. The lowest BCUT2D eigenvalue weighted by atomic mass is 10.2. The van der Waals surface area contributed by atoms with Crippen LogP contribution in [0.3, 0.4) is 0 Å². The van der Waals surface area contributed by atoms with Crippen LogP contribution in [0.15, 0.2) is 65.8 Å². The lowest BCUT2D eigenvalue weighted by Gasteiger charge is -2.26. The standard InChI is InChI=1S/C22H15Cl2F6N3O3S/c23-16-3-1-15(22(28,29)30)10-18(16)33(12-20(34)32-11-13-5-7-31-8-6-13)37(35,36)19-4-2-14(9-17(19)24)21(25,26)27/h1-10H,11-12H2,(H,32,34). The minimum atomic E-state index is -5.00. The Hall–Kier alpha value is -3.03. The second-order valence-electron chi connectivity index (χ2n) is 7.45. The van der Waals surface area contributed by atoms with E-state index in [4.69, 9.17) is 23.2 Å². The first kappa shape index (κ1) is 28.5. The third-order valence-corrected chi connectivity index (χ3v) is 7.46. The summed E-state index contributed by atoms with van der Waals surface area (Å²) in [6.07, 6.45) is -6.87. The van der Waals surface area contributed by atoms with E-state index in [1.165, 1.54) is 12.4 Å². The summed E-state index contributed by atoms with van der Waals surface area (Å²) in [7, 11) is -5.00. The number of hydrogen-bond acceptors (Lipinski definition) is 4. The molecular formula is C22H15Cl2F6N3O3S. The third kappa shape index (κ3) is 6.84. The van der Waals surface area contributed by atoms with E-state index in [9.17, 15) is 39.6 Å². The molecule has 1 heterocycles. The van der Waals surface area contributed by atoms with Gasteiger partial charge in [0.25, 0.3) is 10.0 Å². The molecule has 0 aliphatic heterocycles. The maximum Gasteiger partial charge on any atom is 0.416 e. The van der Waals surface area contributed by atoms with E-state index in [1.54, 1.807) is 12.1 Å². The summed E-state index contributed by atoms with van der Waals surface area (Å²) in [5, 5.41) is 1.08. The highest BCUT2D eigenvalue weighted by molar-refractivity contribution is 7.93. The minimum Gasteiger partial charge on any atom is -0.350 e. The number of rotatable bonds is 7. The maximum atomic E-state index is 13.5. The predicted octanol–water partition coefficient (Wildman–Crippen LogP) is 5.94. The van der Waals surface area contributed by atoms with E-state index in [0.717, 1.165) is 6.07 Å². The van der Waals surface area contributed by atoms with Gasteiger partial charge in [-0.2, -0.15) is 26.3 Å². The monoisotopic (exact) mass is 585 g/mol. The largest absolute Gasteiger partial charge is 0.416 e. The first-order valence-corrected chi connectivity index (χ1v) is 12.2. The zero-order chi connectivity index (χ0) is 27.6. The number of amides is 1. The van der Waals surface area contributed by atoms with Gasteiger partial charge >= 0.3 is 12.4 Å². The highest BCUT2D eigenvalue weighted by Gasteiger charge is 2.37. The van der Waals surface area contributed by atoms with Crippen molar-refractivity contribution in [3.63, 3.8) is 0 Å². The molecule has 0 atom stereocenters. The Balaban J connectivity index is 2.07. The van der Waals surface area contributed by atoms with Crippen molar-refractivity contribution >= 4 is 44.8 Å². The van der Waals surface area contributed by atoms with Crippen LogP contribution >= 0.6 is 23.2 Å². The fourth-order valence-electron chi connectivity index (χ4n) is 3.07. The molecule has 0 fully saturated rings. The van der Waals surface area contributed by atoms with E-state index in [0.29, 0.717) is 35.9 Å². The summed E-state index contributed by atoms with van der Waals surface area (Å²) in [6.45, 7) is -1.14. The van der Waals surface area contributed by atoms with Gasteiger partial charge in [-0.05, 0) is 54.1 Å². The third-order valence-electron chi connectivity index (χ3n) is 4.90. The normalized spacial score (nSPS) is 12.3. The van der Waals surface area contributed by atoms with Gasteiger partial charge in [0.05, 0.1) is 26.9 Å². The van der Waals surface area contributed by atoms with Crippen LogP contribution in [-0.4, -0.2) is 25.9 Å². The summed E-state index contributed by atoms with van der Waals surface area (Å²) in [6, 6.07) is 6.24. The van der Waals surface area contributed by atoms with Gasteiger partial charge in [0.1, 0.15) is 11.4 Å². The molecule has 0 spiro atoms. The van der Waals surface area contributed by atoms with Crippen molar-refractivity contribution in [1.29, 1.82) is 0 Å². The molecule has 3 aromatic rings. The van der Waals surface area contributed by atoms with Crippen molar-refractivity contribution in [3.05, 3.63) is 87.7 Å². The van der Waals surface area contributed by atoms with E-state index < -0.39 is 66.6 Å². The van der Waals surface area contributed by atoms with Gasteiger partial charge in [0.2, 0.25) is 5.91 Å². The van der Waals surface area contributed by atoms with Crippen LogP contribution in [0.1, 0.15) is 16.7 Å². The number of aromatic nitrogens is 1. The molecule has 0 saturated heterocycles. The van der Waals surface area contributed by atoms with Crippen LogP contribution in [0.5, 0.6) is 0 Å². The van der Waals surface area contributed by atoms with Crippen molar-refractivity contribution < 1.29 is 39.6 Å². The summed E-state index contributed by atoms with van der Waals surface area (Å²) < 4.78 is 106. The average Bonchev–Trinajstić information content (AvgIpc) is 2.80. The molecule has 37 heavy (non-hydrogen) atoms. The second kappa shape index (κ2) is 10.8. The molecule has 2 aromatic carbocycles. The first-order chi connectivity index (χ1) is 17.1. The zero-order valence-corrected chi connectivity index (χ0v) is 20.6. The molecule has 1 aromatic heterocycles. The van der Waals surface area contributed by atoms with Crippen molar-refractivity contribution in [2.75, 3.05) is 10.8 Å². The number of anilines is 1. The number of halogens is 8. The highest BCUT2D eigenvalue weighted by Crippen LogP contribution is 2.39. The van der Waals surface area contributed by atoms with Gasteiger partial charge in [0.15, 0.2) is 0 Å². The fraction of sp³-hybridized carbons (Fsp3) is 0.182. The van der Waals surface area contributed by atoms with Gasteiger partial charge in [-0.15, -0.1) is 0 Å². The van der Waals surface area contributed by atoms with Gasteiger partial charge in [-0.1, -0.05) is 23.2 Å². The maximum absolute atomic E-state index is 13.5. The Morgan fingerprint density at radius 1 is 0.865 bits per heavy atom. The Bertz CT molecular complexity index is 1400. The Kier molecular flexibility index (Phi) is 8.30. The number of pyridine rings is 1. The molecule has 0 saturated carbocycles. The number of alkyl halides is 6. The Morgan fingerprint density at radius 3 is 2.00 bits per heavy atom. The molecule has 6 nitrogen and oxygen atoms in total. The number of carbonyl (C=O) groups is 1. The summed E-state index contributed by atoms with van der Waals surface area (Å²) >= 11 is 11.9. The number of hydrogen-bond donors (Lipinski definition) is 1. The minimum absolute atomic E-state index is 0.0768. The van der Waals surface area contributed by atoms with Crippen LogP contribution in [0, 0.1) is 0 Å². The Morgan fingerprint density at radius 2 is 1.43 bits per heavy atom. The van der Waals surface area contributed by atoms with E-state index in [2.05, 4.69) is 10.3 Å². The molecule has 0 aliphatic carbocycles. The molecule has 198 valence electrons. The predicted molar refractivity (Wildman–Crippen MR) is 124 cm³/mol. The van der Waals surface area contributed by atoms with Crippen molar-refractivity contribution in [1.82, 2.24) is 10.3 Å². The van der Waals surface area contributed by atoms with Gasteiger partial charge in [-0.3, -0.25) is 14.1 Å².